The van der Waals surface area contributed by atoms with E-state index in [0.29, 0.717) is 5.69 Å². The van der Waals surface area contributed by atoms with Gasteiger partial charge in [0.05, 0.1) is 11.9 Å². The Morgan fingerprint density at radius 3 is 2.50 bits per heavy atom. The van der Waals surface area contributed by atoms with Crippen molar-refractivity contribution in [3.05, 3.63) is 71.0 Å². The molecule has 0 aliphatic carbocycles. The second-order valence-electron chi connectivity index (χ2n) is 4.69. The molecule has 3 rings (SSSR count). The SMILES string of the molecule is O=C(Nc1cnc(Br)c2ccccc12)OCc1ccccc1. The number of pyridine rings is 1. The Kier molecular flexibility index (Phi) is 4.34. The maximum atomic E-state index is 11.9. The van der Waals surface area contributed by atoms with Crippen LogP contribution < -0.4 is 5.32 Å². The standard InChI is InChI=1S/C17H13BrN2O2/c18-16-14-9-5-4-8-13(14)15(10-19-16)20-17(21)22-11-12-6-2-1-3-7-12/h1-10H,11H2,(H,20,21). The summed E-state index contributed by atoms with van der Waals surface area (Å²) in [4.78, 5) is 16.2. The van der Waals surface area contributed by atoms with Crippen molar-refractivity contribution in [2.45, 2.75) is 6.61 Å². The minimum absolute atomic E-state index is 0.231. The van der Waals surface area contributed by atoms with Crippen LogP contribution in [0, 0.1) is 0 Å². The Labute approximate surface area is 136 Å². The number of benzene rings is 2. The molecule has 1 aromatic heterocycles. The van der Waals surface area contributed by atoms with Gasteiger partial charge in [-0.3, -0.25) is 5.32 Å². The molecule has 0 bridgehead atoms. The summed E-state index contributed by atoms with van der Waals surface area (Å²) in [5.41, 5.74) is 1.56. The van der Waals surface area contributed by atoms with E-state index < -0.39 is 6.09 Å². The first-order valence-corrected chi connectivity index (χ1v) is 7.54. The highest BCUT2D eigenvalue weighted by Gasteiger charge is 2.09. The average molecular weight is 357 g/mol. The number of ether oxygens (including phenoxy) is 1. The molecule has 1 amide bonds. The van der Waals surface area contributed by atoms with E-state index in [9.17, 15) is 4.79 Å². The summed E-state index contributed by atoms with van der Waals surface area (Å²) < 4.78 is 5.96. The molecule has 0 saturated carbocycles. The third-order valence-electron chi connectivity index (χ3n) is 3.20. The summed E-state index contributed by atoms with van der Waals surface area (Å²) in [5, 5.41) is 4.58. The van der Waals surface area contributed by atoms with Crippen LogP contribution >= 0.6 is 15.9 Å². The summed E-state index contributed by atoms with van der Waals surface area (Å²) in [6.07, 6.45) is 1.11. The van der Waals surface area contributed by atoms with Gasteiger partial charge >= 0.3 is 6.09 Å². The summed E-state index contributed by atoms with van der Waals surface area (Å²) in [6, 6.07) is 17.2. The molecule has 22 heavy (non-hydrogen) atoms. The predicted molar refractivity (Wildman–Crippen MR) is 89.7 cm³/mol. The normalized spacial score (nSPS) is 10.4. The number of hydrogen-bond acceptors (Lipinski definition) is 3. The van der Waals surface area contributed by atoms with Gasteiger partial charge in [-0.05, 0) is 21.5 Å². The molecule has 0 unspecified atom stereocenters. The van der Waals surface area contributed by atoms with Crippen LogP contribution in [-0.2, 0) is 11.3 Å². The van der Waals surface area contributed by atoms with E-state index >= 15 is 0 Å². The number of rotatable bonds is 3. The van der Waals surface area contributed by atoms with Gasteiger partial charge in [-0.15, -0.1) is 0 Å². The number of carbonyl (C=O) groups is 1. The van der Waals surface area contributed by atoms with E-state index in [-0.39, 0.29) is 6.61 Å². The zero-order valence-corrected chi connectivity index (χ0v) is 13.2. The zero-order valence-electron chi connectivity index (χ0n) is 11.6. The van der Waals surface area contributed by atoms with Gasteiger partial charge < -0.3 is 4.74 Å². The zero-order chi connectivity index (χ0) is 15.4. The highest BCUT2D eigenvalue weighted by molar-refractivity contribution is 9.10. The number of anilines is 1. The largest absolute Gasteiger partial charge is 0.444 e. The highest BCUT2D eigenvalue weighted by atomic mass is 79.9. The van der Waals surface area contributed by atoms with E-state index in [2.05, 4.69) is 26.2 Å². The molecule has 0 fully saturated rings. The van der Waals surface area contributed by atoms with Crippen LogP contribution in [0.2, 0.25) is 0 Å². The molecule has 0 saturated heterocycles. The van der Waals surface area contributed by atoms with Crippen molar-refractivity contribution in [1.29, 1.82) is 0 Å². The molecule has 0 radical (unpaired) electrons. The van der Waals surface area contributed by atoms with Crippen molar-refractivity contribution in [1.82, 2.24) is 4.98 Å². The monoisotopic (exact) mass is 356 g/mol. The molecule has 5 heteroatoms. The van der Waals surface area contributed by atoms with Crippen molar-refractivity contribution >= 4 is 38.5 Å². The summed E-state index contributed by atoms with van der Waals surface area (Å²) in [5.74, 6) is 0. The number of halogens is 1. The second-order valence-corrected chi connectivity index (χ2v) is 5.45. The molecule has 1 N–H and O–H groups in total. The topological polar surface area (TPSA) is 51.2 Å². The van der Waals surface area contributed by atoms with Crippen LogP contribution in [0.5, 0.6) is 0 Å². The minimum Gasteiger partial charge on any atom is -0.444 e. The molecular weight excluding hydrogens is 344 g/mol. The van der Waals surface area contributed by atoms with E-state index in [1.807, 2.05) is 54.6 Å². The average Bonchev–Trinajstić information content (AvgIpc) is 2.57. The van der Waals surface area contributed by atoms with Crippen LogP contribution in [0.4, 0.5) is 10.5 Å². The Morgan fingerprint density at radius 2 is 1.73 bits per heavy atom. The second kappa shape index (κ2) is 6.58. The molecule has 3 aromatic rings. The molecule has 4 nitrogen and oxygen atoms in total. The third kappa shape index (κ3) is 3.26. The quantitative estimate of drug-likeness (QED) is 0.689. The lowest BCUT2D eigenvalue weighted by molar-refractivity contribution is 0.155. The molecular formula is C17H13BrN2O2. The summed E-state index contributed by atoms with van der Waals surface area (Å²) in [6.45, 7) is 0.231. The first kappa shape index (κ1) is 14.5. The fourth-order valence-corrected chi connectivity index (χ4v) is 2.58. The number of fused-ring (bicyclic) bond motifs is 1. The number of aromatic nitrogens is 1. The van der Waals surface area contributed by atoms with Crippen LogP contribution in [-0.4, -0.2) is 11.1 Å². The van der Waals surface area contributed by atoms with Crippen LogP contribution in [0.3, 0.4) is 0 Å². The summed E-state index contributed by atoms with van der Waals surface area (Å²) in [7, 11) is 0. The van der Waals surface area contributed by atoms with Crippen LogP contribution in [0.1, 0.15) is 5.56 Å². The number of hydrogen-bond donors (Lipinski definition) is 1. The summed E-state index contributed by atoms with van der Waals surface area (Å²) >= 11 is 3.40. The van der Waals surface area contributed by atoms with E-state index in [4.69, 9.17) is 4.74 Å². The smallest absolute Gasteiger partial charge is 0.412 e. The predicted octanol–water partition coefficient (Wildman–Crippen LogP) is 4.75. The first-order valence-electron chi connectivity index (χ1n) is 6.75. The fourth-order valence-electron chi connectivity index (χ4n) is 2.13. The first-order chi connectivity index (χ1) is 10.7. The maximum absolute atomic E-state index is 11.9. The molecule has 0 spiro atoms. The number of nitrogens with zero attached hydrogens (tertiary/aromatic N) is 1. The van der Waals surface area contributed by atoms with Crippen LogP contribution in [0.15, 0.2) is 65.4 Å². The van der Waals surface area contributed by atoms with Crippen molar-refractivity contribution in [3.63, 3.8) is 0 Å². The van der Waals surface area contributed by atoms with Crippen molar-refractivity contribution < 1.29 is 9.53 Å². The fraction of sp³-hybridized carbons (Fsp3) is 0.0588. The van der Waals surface area contributed by atoms with Gasteiger partial charge in [0.25, 0.3) is 0 Å². The molecule has 0 aliphatic rings. The number of carbonyl (C=O) groups excluding carboxylic acids is 1. The van der Waals surface area contributed by atoms with Gasteiger partial charge in [0.1, 0.15) is 11.2 Å². The van der Waals surface area contributed by atoms with Gasteiger partial charge in [0.15, 0.2) is 0 Å². The van der Waals surface area contributed by atoms with Crippen molar-refractivity contribution in [2.24, 2.45) is 0 Å². The third-order valence-corrected chi connectivity index (χ3v) is 3.83. The Bertz CT molecular complexity index is 806. The van der Waals surface area contributed by atoms with Crippen molar-refractivity contribution in [2.75, 3.05) is 5.32 Å². The maximum Gasteiger partial charge on any atom is 0.412 e. The van der Waals surface area contributed by atoms with Crippen LogP contribution in [0.25, 0.3) is 10.8 Å². The van der Waals surface area contributed by atoms with E-state index in [0.717, 1.165) is 20.9 Å². The Morgan fingerprint density at radius 1 is 1.05 bits per heavy atom. The highest BCUT2D eigenvalue weighted by Crippen LogP contribution is 2.27. The number of nitrogens with one attached hydrogen (secondary N) is 1. The van der Waals surface area contributed by atoms with Crippen molar-refractivity contribution in [3.8, 4) is 0 Å². The van der Waals surface area contributed by atoms with Gasteiger partial charge in [0.2, 0.25) is 0 Å². The molecule has 0 atom stereocenters. The molecule has 110 valence electrons. The van der Waals surface area contributed by atoms with Gasteiger partial charge in [-0.25, -0.2) is 9.78 Å². The molecule has 1 heterocycles. The molecule has 0 aliphatic heterocycles. The van der Waals surface area contributed by atoms with Gasteiger partial charge in [-0.1, -0.05) is 54.6 Å². The van der Waals surface area contributed by atoms with Gasteiger partial charge in [-0.2, -0.15) is 0 Å². The lowest BCUT2D eigenvalue weighted by Crippen LogP contribution is -2.14. The Balaban J connectivity index is 1.73. The van der Waals surface area contributed by atoms with E-state index in [1.54, 1.807) is 6.20 Å². The molecule has 2 aromatic carbocycles. The van der Waals surface area contributed by atoms with Gasteiger partial charge in [0, 0.05) is 10.8 Å². The minimum atomic E-state index is -0.502. The Hall–Kier alpha value is -2.40. The van der Waals surface area contributed by atoms with E-state index in [1.165, 1.54) is 0 Å². The number of amides is 1. The lowest BCUT2D eigenvalue weighted by atomic mass is 10.1. The lowest BCUT2D eigenvalue weighted by Gasteiger charge is -2.10.